The van der Waals surface area contributed by atoms with Crippen LogP contribution in [0.15, 0.2) is 0 Å². The van der Waals surface area contributed by atoms with Gasteiger partial charge in [0.1, 0.15) is 0 Å². The zero-order valence-electron chi connectivity index (χ0n) is 3.13. The first-order valence-corrected chi connectivity index (χ1v) is 1.07. The van der Waals surface area contributed by atoms with Crippen molar-refractivity contribution in [3.63, 3.8) is 0 Å². The average molecular weight is 161 g/mol. The van der Waals surface area contributed by atoms with Gasteiger partial charge in [-0.15, -0.1) is 0 Å². The number of hydrogen-bond donors (Lipinski definition) is 0. The smallest absolute Gasteiger partial charge is 0.0870 e. The van der Waals surface area contributed by atoms with E-state index < -0.39 is 11.9 Å². The molecule has 5 heteroatoms. The molecule has 0 saturated carbocycles. The molecule has 0 N–H and O–H groups in total. The second kappa shape index (κ2) is 3.67. The second-order valence-corrected chi connectivity index (χ2v) is 0.575. The minimum Gasteiger partial charge on any atom is -0.543 e. The molecule has 0 aromatic carbocycles. The van der Waals surface area contributed by atoms with Crippen molar-refractivity contribution in [2.45, 2.75) is 0 Å². The van der Waals surface area contributed by atoms with Gasteiger partial charge in [0.2, 0.25) is 0 Å². The Bertz CT molecular complexity index is 75.7. The molecule has 0 amide bonds. The predicted molar refractivity (Wildman–Crippen MR) is 15.8 cm³/mol. The van der Waals surface area contributed by atoms with Crippen LogP contribution in [0, 0.1) is 0 Å². The number of rotatable bonds is 0. The largest absolute Gasteiger partial charge is 0.543 e. The molecule has 38 valence electrons. The van der Waals surface area contributed by atoms with Crippen molar-refractivity contribution in [1.82, 2.24) is 0 Å². The fraction of sp³-hybridized carbons (Fsp3) is 0. The first-order valence-electron chi connectivity index (χ1n) is 1.07. The van der Waals surface area contributed by atoms with Gasteiger partial charge in [-0.25, -0.2) is 0 Å². The number of hydrogen-bond acceptors (Lipinski definition) is 4. The Morgan fingerprint density at radius 3 is 1.14 bits per heavy atom. The summed E-state index contributed by atoms with van der Waals surface area (Å²) in [5.74, 6) is -4.37. The van der Waals surface area contributed by atoms with E-state index in [1.165, 1.54) is 0 Å². The molecule has 0 atom stereocenters. The van der Waals surface area contributed by atoms with Crippen LogP contribution < -0.4 is 10.2 Å². The Morgan fingerprint density at radius 2 is 1.14 bits per heavy atom. The van der Waals surface area contributed by atoms with Crippen molar-refractivity contribution in [3.8, 4) is 0 Å². The van der Waals surface area contributed by atoms with E-state index in [0.717, 1.165) is 0 Å². The summed E-state index contributed by atoms with van der Waals surface area (Å²) in [5, 5.41) is 17.9. The summed E-state index contributed by atoms with van der Waals surface area (Å²) in [4.78, 5) is 17.9. The van der Waals surface area contributed by atoms with Crippen molar-refractivity contribution in [3.05, 3.63) is 0 Å². The van der Waals surface area contributed by atoms with Crippen LogP contribution in [-0.4, -0.2) is 29.5 Å². The fourth-order valence-electron chi connectivity index (χ4n) is 0. The Labute approximate surface area is 50.1 Å². The standard InChI is InChI=1S/C2H2O4.Ge/c3-1(4)2(5)6;/h(H,3,4)(H,5,6);/p-2. The summed E-state index contributed by atoms with van der Waals surface area (Å²) in [5.41, 5.74) is 0. The van der Waals surface area contributed by atoms with Gasteiger partial charge >= 0.3 is 0 Å². The average Bonchev–Trinajstić information content (AvgIpc) is 1.36. The number of carbonyl (C=O) groups excluding carboxylic acids is 2. The van der Waals surface area contributed by atoms with E-state index in [1.54, 1.807) is 0 Å². The van der Waals surface area contributed by atoms with Gasteiger partial charge in [-0.2, -0.15) is 0 Å². The van der Waals surface area contributed by atoms with Crippen molar-refractivity contribution in [2.75, 3.05) is 0 Å². The minimum absolute atomic E-state index is 0. The predicted octanol–water partition coefficient (Wildman–Crippen LogP) is -3.89. The van der Waals surface area contributed by atoms with E-state index in [0.29, 0.717) is 0 Å². The van der Waals surface area contributed by atoms with Crippen LogP contribution in [-0.2, 0) is 9.59 Å². The molecule has 0 aliphatic carbocycles. The monoisotopic (exact) mass is 162 g/mol. The van der Waals surface area contributed by atoms with Crippen molar-refractivity contribution >= 4 is 29.5 Å². The van der Waals surface area contributed by atoms with Gasteiger partial charge in [-0.3, -0.25) is 0 Å². The molecule has 7 heavy (non-hydrogen) atoms. The van der Waals surface area contributed by atoms with Gasteiger partial charge in [-0.05, 0) is 0 Å². The summed E-state index contributed by atoms with van der Waals surface area (Å²) >= 11 is 0. The summed E-state index contributed by atoms with van der Waals surface area (Å²) in [6, 6.07) is 0. The number of carboxylic acid groups (broad SMARTS) is 2. The van der Waals surface area contributed by atoms with E-state index in [9.17, 15) is 0 Å². The maximum Gasteiger partial charge on any atom is 0.0870 e. The van der Waals surface area contributed by atoms with Crippen molar-refractivity contribution < 1.29 is 19.8 Å². The molecule has 0 saturated heterocycles. The van der Waals surface area contributed by atoms with Crippen molar-refractivity contribution in [1.29, 1.82) is 0 Å². The van der Waals surface area contributed by atoms with Crippen LogP contribution in [0.1, 0.15) is 0 Å². The summed E-state index contributed by atoms with van der Waals surface area (Å²) in [6.07, 6.45) is 0. The molecular weight excluding hydrogens is 161 g/mol. The zero-order valence-corrected chi connectivity index (χ0v) is 5.23. The van der Waals surface area contributed by atoms with Gasteiger partial charge in [0.15, 0.2) is 0 Å². The zero-order chi connectivity index (χ0) is 5.15. The SMILES string of the molecule is O=C([O-])C(=O)[O-].[Ge]. The molecule has 0 aliphatic heterocycles. The van der Waals surface area contributed by atoms with Crippen LogP contribution in [0.5, 0.6) is 0 Å². The summed E-state index contributed by atoms with van der Waals surface area (Å²) in [6.45, 7) is 0. The second-order valence-electron chi connectivity index (χ2n) is 0.575. The van der Waals surface area contributed by atoms with Gasteiger partial charge < -0.3 is 19.8 Å². The van der Waals surface area contributed by atoms with E-state index in [-0.39, 0.29) is 17.6 Å². The van der Waals surface area contributed by atoms with Gasteiger partial charge in [-0.1, -0.05) is 0 Å². The molecule has 0 fully saturated rings. The first kappa shape index (κ1) is 9.70. The molecule has 4 nitrogen and oxygen atoms in total. The Balaban J connectivity index is 0. The minimum atomic E-state index is -2.19. The molecule has 0 aliphatic rings. The molecule has 0 rings (SSSR count). The Hall–Kier alpha value is -0.517. The van der Waals surface area contributed by atoms with Gasteiger partial charge in [0.05, 0.1) is 11.9 Å². The van der Waals surface area contributed by atoms with Crippen molar-refractivity contribution in [2.24, 2.45) is 0 Å². The molecular formula is C2GeO4-2. The number of carboxylic acids is 2. The summed E-state index contributed by atoms with van der Waals surface area (Å²) < 4.78 is 0. The van der Waals surface area contributed by atoms with E-state index in [4.69, 9.17) is 19.8 Å². The van der Waals surface area contributed by atoms with E-state index in [2.05, 4.69) is 0 Å². The molecule has 0 heterocycles. The normalized spacial score (nSPS) is 6.29. The fourth-order valence-corrected chi connectivity index (χ4v) is 0. The first-order chi connectivity index (χ1) is 2.64. The third-order valence-electron chi connectivity index (χ3n) is 0.167. The molecule has 4 radical (unpaired) electrons. The molecule has 0 bridgehead atoms. The maximum absolute atomic E-state index is 8.93. The van der Waals surface area contributed by atoms with Crippen LogP contribution >= 0.6 is 0 Å². The van der Waals surface area contributed by atoms with Crippen LogP contribution in [0.4, 0.5) is 0 Å². The molecule has 0 aromatic heterocycles. The van der Waals surface area contributed by atoms with E-state index >= 15 is 0 Å². The third-order valence-corrected chi connectivity index (χ3v) is 0.167. The van der Waals surface area contributed by atoms with Crippen LogP contribution in [0.2, 0.25) is 0 Å². The van der Waals surface area contributed by atoms with E-state index in [1.807, 2.05) is 0 Å². The maximum atomic E-state index is 8.93. The Kier molecular flexibility index (Phi) is 5.08. The number of aliphatic carboxylic acids is 2. The third kappa shape index (κ3) is 5.48. The quantitative estimate of drug-likeness (QED) is 0.268. The molecule has 0 spiro atoms. The van der Waals surface area contributed by atoms with Gasteiger partial charge in [0.25, 0.3) is 0 Å². The molecule has 0 aromatic rings. The number of carbonyl (C=O) groups is 2. The van der Waals surface area contributed by atoms with Crippen LogP contribution in [0.25, 0.3) is 0 Å². The molecule has 0 unspecified atom stereocenters. The van der Waals surface area contributed by atoms with Crippen LogP contribution in [0.3, 0.4) is 0 Å². The summed E-state index contributed by atoms with van der Waals surface area (Å²) in [7, 11) is 0. The Morgan fingerprint density at radius 1 is 1.00 bits per heavy atom. The van der Waals surface area contributed by atoms with Gasteiger partial charge in [0, 0.05) is 17.6 Å². The topological polar surface area (TPSA) is 80.3 Å².